The van der Waals surface area contributed by atoms with Gasteiger partial charge < -0.3 is 40.5 Å². The molecule has 5 aliphatic rings. The minimum Gasteiger partial charge on any atom is -0.392 e. The lowest BCUT2D eigenvalue weighted by Gasteiger charge is -2.62. The van der Waals surface area contributed by atoms with E-state index in [1.165, 1.54) is 6.08 Å². The molecule has 214 valence electrons. The van der Waals surface area contributed by atoms with Crippen molar-refractivity contribution in [1.29, 1.82) is 0 Å². The summed E-state index contributed by atoms with van der Waals surface area (Å²) >= 11 is 0. The largest absolute Gasteiger partial charge is 0.392 e. The molecule has 0 aromatic rings. The van der Waals surface area contributed by atoms with Gasteiger partial charge in [0.25, 0.3) is 0 Å². The van der Waals surface area contributed by atoms with Crippen LogP contribution in [-0.4, -0.2) is 89.5 Å². The van der Waals surface area contributed by atoms with Gasteiger partial charge in [0, 0.05) is 23.7 Å². The third kappa shape index (κ3) is 3.70. The van der Waals surface area contributed by atoms with Crippen molar-refractivity contribution >= 4 is 5.78 Å². The Kier molecular flexibility index (Phi) is 6.65. The molecule has 1 saturated heterocycles. The first-order chi connectivity index (χ1) is 17.5. The number of hydrogen-bond donors (Lipinski definition) is 7. The quantitative estimate of drug-likeness (QED) is 0.252. The monoisotopic (exact) mass is 536 g/mol. The summed E-state index contributed by atoms with van der Waals surface area (Å²) < 4.78 is 5.73. The van der Waals surface area contributed by atoms with Gasteiger partial charge >= 0.3 is 0 Å². The van der Waals surface area contributed by atoms with Crippen LogP contribution in [0.15, 0.2) is 22.8 Å². The summed E-state index contributed by atoms with van der Waals surface area (Å²) in [6, 6.07) is 0. The summed E-state index contributed by atoms with van der Waals surface area (Å²) in [6.07, 6.45) is -3.77. The molecule has 4 fully saturated rings. The third-order valence-electron chi connectivity index (χ3n) is 11.4. The zero-order chi connectivity index (χ0) is 28.2. The number of ether oxygens (including phenoxy) is 1. The summed E-state index contributed by atoms with van der Waals surface area (Å²) in [5.41, 5.74) is -2.99. The van der Waals surface area contributed by atoms with Gasteiger partial charge in [0.1, 0.15) is 6.10 Å². The number of ketones is 1. The van der Waals surface area contributed by atoms with E-state index in [1.54, 1.807) is 6.92 Å². The van der Waals surface area contributed by atoms with E-state index < -0.39 is 76.6 Å². The fourth-order valence-electron chi connectivity index (χ4n) is 9.28. The molecule has 1 heterocycles. The molecular formula is C29H44O9. The Balaban J connectivity index is 1.53. The van der Waals surface area contributed by atoms with Crippen molar-refractivity contribution in [3.8, 4) is 0 Å². The van der Waals surface area contributed by atoms with E-state index in [4.69, 9.17) is 4.74 Å². The maximum atomic E-state index is 13.4. The van der Waals surface area contributed by atoms with Crippen molar-refractivity contribution in [3.05, 3.63) is 22.8 Å². The fraction of sp³-hybridized carbons (Fsp3) is 0.828. The van der Waals surface area contributed by atoms with Crippen LogP contribution in [0.1, 0.15) is 73.1 Å². The van der Waals surface area contributed by atoms with Gasteiger partial charge in [0.2, 0.25) is 0 Å². The van der Waals surface area contributed by atoms with Crippen molar-refractivity contribution < 1.29 is 45.3 Å². The van der Waals surface area contributed by atoms with E-state index in [1.807, 2.05) is 27.7 Å². The molecular weight excluding hydrogens is 492 g/mol. The van der Waals surface area contributed by atoms with E-state index in [-0.39, 0.29) is 37.9 Å². The number of hydrogen-bond acceptors (Lipinski definition) is 9. The normalized spacial score (nSPS) is 52.4. The van der Waals surface area contributed by atoms with E-state index >= 15 is 0 Å². The van der Waals surface area contributed by atoms with Gasteiger partial charge in [-0.25, -0.2) is 0 Å². The van der Waals surface area contributed by atoms with Gasteiger partial charge in [-0.1, -0.05) is 19.4 Å². The third-order valence-corrected chi connectivity index (χ3v) is 11.4. The zero-order valence-corrected chi connectivity index (χ0v) is 23.0. The highest BCUT2D eigenvalue weighted by molar-refractivity contribution is 5.95. The van der Waals surface area contributed by atoms with Crippen LogP contribution in [0.3, 0.4) is 0 Å². The molecule has 13 atom stereocenters. The Morgan fingerprint density at radius 1 is 1.05 bits per heavy atom. The van der Waals surface area contributed by atoms with Crippen LogP contribution in [0, 0.1) is 28.6 Å². The smallest absolute Gasteiger partial charge is 0.185 e. The van der Waals surface area contributed by atoms with E-state index in [0.717, 1.165) is 5.57 Å². The van der Waals surface area contributed by atoms with Gasteiger partial charge in [-0.2, -0.15) is 0 Å². The van der Waals surface area contributed by atoms with Crippen LogP contribution in [0.25, 0.3) is 0 Å². The number of carbonyl (C=O) groups excluding carboxylic acids is 1. The van der Waals surface area contributed by atoms with Crippen molar-refractivity contribution in [1.82, 2.24) is 0 Å². The average Bonchev–Trinajstić information content (AvgIpc) is 3.08. The topological polar surface area (TPSA) is 168 Å². The predicted molar refractivity (Wildman–Crippen MR) is 136 cm³/mol. The first-order valence-electron chi connectivity index (χ1n) is 13.9. The molecule has 0 aromatic carbocycles. The van der Waals surface area contributed by atoms with Crippen molar-refractivity contribution in [3.63, 3.8) is 0 Å². The highest BCUT2D eigenvalue weighted by atomic mass is 16.6. The number of rotatable bonds is 2. The molecule has 9 nitrogen and oxygen atoms in total. The average molecular weight is 537 g/mol. The first kappa shape index (κ1) is 28.4. The second-order valence-electron chi connectivity index (χ2n) is 13.7. The second kappa shape index (κ2) is 8.91. The van der Waals surface area contributed by atoms with E-state index in [0.29, 0.717) is 17.6 Å². The molecule has 4 aliphatic carbocycles. The molecule has 5 rings (SSSR count). The number of aliphatic hydroxyl groups excluding tert-OH is 5. The van der Waals surface area contributed by atoms with Gasteiger partial charge in [0.15, 0.2) is 12.1 Å². The number of carbonyl (C=O) groups is 1. The lowest BCUT2D eigenvalue weighted by molar-refractivity contribution is -0.258. The number of allylic oxidation sites excluding steroid dienone is 2. The predicted octanol–water partition coefficient (Wildman–Crippen LogP) is 0.717. The van der Waals surface area contributed by atoms with E-state index in [2.05, 4.69) is 0 Å². The maximum Gasteiger partial charge on any atom is 0.185 e. The first-order valence-corrected chi connectivity index (χ1v) is 13.9. The van der Waals surface area contributed by atoms with Gasteiger partial charge in [-0.15, -0.1) is 0 Å². The molecule has 0 unspecified atom stereocenters. The Morgan fingerprint density at radius 2 is 1.71 bits per heavy atom. The van der Waals surface area contributed by atoms with Crippen LogP contribution in [-0.2, 0) is 9.53 Å². The number of fused-ring (bicyclic) bond motifs is 5. The fourth-order valence-corrected chi connectivity index (χ4v) is 9.28. The van der Waals surface area contributed by atoms with Gasteiger partial charge in [-0.05, 0) is 81.4 Å². The number of aliphatic hydroxyl groups is 7. The Labute approximate surface area is 223 Å². The highest BCUT2D eigenvalue weighted by Crippen LogP contribution is 2.68. The lowest BCUT2D eigenvalue weighted by atomic mass is 9.44. The molecule has 7 N–H and O–H groups in total. The Bertz CT molecular complexity index is 1060. The molecule has 0 radical (unpaired) electrons. The second-order valence-corrected chi connectivity index (χ2v) is 13.7. The molecule has 0 amide bonds. The molecule has 38 heavy (non-hydrogen) atoms. The van der Waals surface area contributed by atoms with Crippen molar-refractivity contribution in [2.45, 2.75) is 121 Å². The Hall–Kier alpha value is -1.17. The molecule has 0 bridgehead atoms. The Morgan fingerprint density at radius 3 is 2.34 bits per heavy atom. The van der Waals surface area contributed by atoms with Gasteiger partial charge in [-0.3, -0.25) is 4.79 Å². The summed E-state index contributed by atoms with van der Waals surface area (Å²) in [5.74, 6) is -1.91. The van der Waals surface area contributed by atoms with Crippen LogP contribution in [0.5, 0.6) is 0 Å². The minimum absolute atomic E-state index is 0.108. The lowest BCUT2D eigenvalue weighted by Crippen LogP contribution is -2.66. The highest BCUT2D eigenvalue weighted by Gasteiger charge is 2.71. The van der Waals surface area contributed by atoms with Crippen molar-refractivity contribution in [2.24, 2.45) is 28.6 Å². The molecule has 0 spiro atoms. The molecule has 1 aliphatic heterocycles. The van der Waals surface area contributed by atoms with Crippen molar-refractivity contribution in [2.75, 3.05) is 0 Å². The van der Waals surface area contributed by atoms with Crippen LogP contribution >= 0.6 is 0 Å². The standard InChI is InChI=1S/C29H44O9/c1-13(2)14-8-22(38-25(35)24(14)34)28(5,36)21-6-7-29(37)16-10-17(30)15-9-18(31)19(32)11-26(15,3)23(16)20(33)12-27(21,29)4/h10,15,18-25,31-37H,6-9,11-12H2,1-5H3/t15-,18+,19-,20+,21-,22+,23+,24+,25-,26-,27+,28+,29+/m0/s1. The summed E-state index contributed by atoms with van der Waals surface area (Å²) in [7, 11) is 0. The summed E-state index contributed by atoms with van der Waals surface area (Å²) in [6.45, 7) is 8.99. The summed E-state index contributed by atoms with van der Waals surface area (Å²) in [5, 5.41) is 77.7. The maximum absolute atomic E-state index is 13.4. The molecule has 3 saturated carbocycles. The van der Waals surface area contributed by atoms with Crippen LogP contribution in [0.2, 0.25) is 0 Å². The zero-order valence-electron chi connectivity index (χ0n) is 23.0. The summed E-state index contributed by atoms with van der Waals surface area (Å²) in [4.78, 5) is 13.4. The van der Waals surface area contributed by atoms with Gasteiger partial charge in [0.05, 0.1) is 35.6 Å². The molecule has 0 aromatic heterocycles. The SMILES string of the molecule is CC(C)=C1C[C@H]([C@](C)(O)[C@H]2CC[C@@]3(O)C4=CC(=O)[C@@H]5C[C@@H](O)[C@@H](O)C[C@]5(C)[C@H]4[C@H](O)C[C@]23C)O[C@H](O)[C@@H]1O. The molecule has 9 heteroatoms. The minimum atomic E-state index is -1.54. The van der Waals surface area contributed by atoms with Crippen LogP contribution in [0.4, 0.5) is 0 Å². The van der Waals surface area contributed by atoms with E-state index in [9.17, 15) is 40.5 Å². The van der Waals surface area contributed by atoms with Crippen LogP contribution < -0.4 is 0 Å².